The van der Waals surface area contributed by atoms with Crippen molar-refractivity contribution >= 4 is 23.0 Å². The zero-order valence-corrected chi connectivity index (χ0v) is 10.2. The Kier molecular flexibility index (Phi) is 3.22. The van der Waals surface area contributed by atoms with Gasteiger partial charge in [-0.15, -0.1) is 0 Å². The summed E-state index contributed by atoms with van der Waals surface area (Å²) in [6.07, 6.45) is 0.889. The fourth-order valence-corrected chi connectivity index (χ4v) is 2.03. The summed E-state index contributed by atoms with van der Waals surface area (Å²) in [6.45, 7) is 3.37. The number of hydrogen-bond acceptors (Lipinski definition) is 4. The molecule has 1 heterocycles. The number of nitrogens with zero attached hydrogens (tertiary/aromatic N) is 1. The standard InChI is InChI=1S/C11H13ClN2O3/c1-11(4-5-17-7-11)13-10-3-2-8(14(15)16)6-9(10)12/h2-3,6,13H,4-5,7H2,1H3. The molecule has 1 fully saturated rings. The van der Waals surface area contributed by atoms with Crippen molar-refractivity contribution in [3.8, 4) is 0 Å². The van der Waals surface area contributed by atoms with Crippen LogP contribution in [0, 0.1) is 10.1 Å². The molecule has 2 rings (SSSR count). The van der Waals surface area contributed by atoms with Crippen molar-refractivity contribution in [3.63, 3.8) is 0 Å². The molecule has 5 nitrogen and oxygen atoms in total. The third-order valence-electron chi connectivity index (χ3n) is 2.82. The average Bonchev–Trinajstić information content (AvgIpc) is 2.68. The summed E-state index contributed by atoms with van der Waals surface area (Å²) in [6, 6.07) is 4.42. The van der Waals surface area contributed by atoms with Gasteiger partial charge in [0.05, 0.1) is 27.8 Å². The van der Waals surface area contributed by atoms with Crippen LogP contribution in [-0.2, 0) is 4.74 Å². The number of halogens is 1. The summed E-state index contributed by atoms with van der Waals surface area (Å²) in [5.74, 6) is 0. The van der Waals surface area contributed by atoms with Crippen LogP contribution in [0.25, 0.3) is 0 Å². The van der Waals surface area contributed by atoms with Crippen molar-refractivity contribution in [2.24, 2.45) is 0 Å². The van der Waals surface area contributed by atoms with Gasteiger partial charge in [0.15, 0.2) is 0 Å². The molecule has 1 aliphatic rings. The van der Waals surface area contributed by atoms with E-state index in [4.69, 9.17) is 16.3 Å². The Bertz CT molecular complexity index is 444. The van der Waals surface area contributed by atoms with Gasteiger partial charge in [-0.1, -0.05) is 11.6 Å². The summed E-state index contributed by atoms with van der Waals surface area (Å²) in [5.41, 5.74) is 0.540. The number of rotatable bonds is 3. The van der Waals surface area contributed by atoms with E-state index >= 15 is 0 Å². The molecule has 92 valence electrons. The highest BCUT2D eigenvalue weighted by Gasteiger charge is 2.30. The maximum Gasteiger partial charge on any atom is 0.271 e. The minimum absolute atomic E-state index is 0.00613. The topological polar surface area (TPSA) is 64.4 Å². The molecule has 0 amide bonds. The van der Waals surface area contributed by atoms with Crippen molar-refractivity contribution in [2.45, 2.75) is 18.9 Å². The SMILES string of the molecule is CC1(Nc2ccc([N+](=O)[O-])cc2Cl)CCOC1. The molecule has 0 radical (unpaired) electrons. The van der Waals surface area contributed by atoms with E-state index < -0.39 is 4.92 Å². The molecule has 17 heavy (non-hydrogen) atoms. The molecule has 0 saturated carbocycles. The second-order valence-electron chi connectivity index (χ2n) is 4.41. The number of anilines is 1. The highest BCUT2D eigenvalue weighted by Crippen LogP contribution is 2.31. The van der Waals surface area contributed by atoms with Gasteiger partial charge in [0.1, 0.15) is 0 Å². The van der Waals surface area contributed by atoms with Crippen LogP contribution in [0.1, 0.15) is 13.3 Å². The number of nitrogens with one attached hydrogen (secondary N) is 1. The van der Waals surface area contributed by atoms with Gasteiger partial charge in [0.2, 0.25) is 0 Å². The first-order chi connectivity index (χ1) is 8.00. The highest BCUT2D eigenvalue weighted by molar-refractivity contribution is 6.33. The minimum Gasteiger partial charge on any atom is -0.379 e. The van der Waals surface area contributed by atoms with E-state index in [1.54, 1.807) is 6.07 Å². The minimum atomic E-state index is -0.462. The summed E-state index contributed by atoms with van der Waals surface area (Å²) >= 11 is 6.01. The summed E-state index contributed by atoms with van der Waals surface area (Å²) < 4.78 is 5.32. The zero-order chi connectivity index (χ0) is 12.5. The highest BCUT2D eigenvalue weighted by atomic mass is 35.5. The van der Waals surface area contributed by atoms with Gasteiger partial charge in [-0.25, -0.2) is 0 Å². The lowest BCUT2D eigenvalue weighted by Crippen LogP contribution is -2.35. The lowest BCUT2D eigenvalue weighted by atomic mass is 10.0. The summed E-state index contributed by atoms with van der Waals surface area (Å²) in [5, 5.41) is 14.2. The van der Waals surface area contributed by atoms with E-state index in [-0.39, 0.29) is 11.2 Å². The third kappa shape index (κ3) is 2.68. The summed E-state index contributed by atoms with van der Waals surface area (Å²) in [4.78, 5) is 10.1. The van der Waals surface area contributed by atoms with Crippen LogP contribution in [0.2, 0.25) is 5.02 Å². The molecule has 0 bridgehead atoms. The second kappa shape index (κ2) is 4.50. The van der Waals surface area contributed by atoms with Crippen molar-refractivity contribution < 1.29 is 9.66 Å². The maximum absolute atomic E-state index is 10.6. The molecule has 1 unspecified atom stereocenters. The van der Waals surface area contributed by atoms with Gasteiger partial charge >= 0.3 is 0 Å². The lowest BCUT2D eigenvalue weighted by molar-refractivity contribution is -0.384. The number of ether oxygens (including phenoxy) is 1. The van der Waals surface area contributed by atoms with Gasteiger partial charge in [-0.2, -0.15) is 0 Å². The predicted molar refractivity (Wildman–Crippen MR) is 65.6 cm³/mol. The van der Waals surface area contributed by atoms with Crippen molar-refractivity contribution in [2.75, 3.05) is 18.5 Å². The van der Waals surface area contributed by atoms with Gasteiger partial charge in [-0.3, -0.25) is 10.1 Å². The number of non-ortho nitro benzene ring substituents is 1. The molecule has 0 spiro atoms. The maximum atomic E-state index is 10.6. The van der Waals surface area contributed by atoms with Crippen LogP contribution in [0.3, 0.4) is 0 Å². The Labute approximate surface area is 104 Å². The molecule has 1 aromatic rings. The molecule has 1 aromatic carbocycles. The van der Waals surface area contributed by atoms with Crippen LogP contribution in [0.4, 0.5) is 11.4 Å². The molecule has 1 atom stereocenters. The Morgan fingerprint density at radius 3 is 2.88 bits per heavy atom. The van der Waals surface area contributed by atoms with Crippen LogP contribution in [-0.4, -0.2) is 23.7 Å². The van der Waals surface area contributed by atoms with Crippen LogP contribution in [0.5, 0.6) is 0 Å². The first kappa shape index (κ1) is 12.1. The summed E-state index contributed by atoms with van der Waals surface area (Å²) in [7, 11) is 0. The van der Waals surface area contributed by atoms with E-state index in [0.717, 1.165) is 6.42 Å². The van der Waals surface area contributed by atoms with Gasteiger partial charge in [-0.05, 0) is 19.4 Å². The second-order valence-corrected chi connectivity index (χ2v) is 4.82. The number of nitro benzene ring substituents is 1. The van der Waals surface area contributed by atoms with Crippen LogP contribution < -0.4 is 5.32 Å². The molecule has 1 saturated heterocycles. The third-order valence-corrected chi connectivity index (χ3v) is 3.13. The first-order valence-corrected chi connectivity index (χ1v) is 5.68. The van der Waals surface area contributed by atoms with Gasteiger partial charge in [0.25, 0.3) is 5.69 Å². The molecular weight excluding hydrogens is 244 g/mol. The smallest absolute Gasteiger partial charge is 0.271 e. The lowest BCUT2D eigenvalue weighted by Gasteiger charge is -2.25. The van der Waals surface area contributed by atoms with E-state index in [9.17, 15) is 10.1 Å². The molecule has 6 heteroatoms. The Balaban J connectivity index is 2.19. The quantitative estimate of drug-likeness (QED) is 0.667. The van der Waals surface area contributed by atoms with Crippen molar-refractivity contribution in [1.29, 1.82) is 0 Å². The number of benzene rings is 1. The molecular formula is C11H13ClN2O3. The molecule has 0 aromatic heterocycles. The first-order valence-electron chi connectivity index (χ1n) is 5.30. The molecule has 1 N–H and O–H groups in total. The zero-order valence-electron chi connectivity index (χ0n) is 9.40. The number of hydrogen-bond donors (Lipinski definition) is 1. The Hall–Kier alpha value is -1.33. The van der Waals surface area contributed by atoms with Gasteiger partial charge < -0.3 is 10.1 Å². The van der Waals surface area contributed by atoms with Crippen molar-refractivity contribution in [3.05, 3.63) is 33.3 Å². The molecule has 0 aliphatic carbocycles. The van der Waals surface area contributed by atoms with E-state index in [2.05, 4.69) is 5.32 Å². The van der Waals surface area contributed by atoms with Crippen molar-refractivity contribution in [1.82, 2.24) is 0 Å². The fraction of sp³-hybridized carbons (Fsp3) is 0.455. The van der Waals surface area contributed by atoms with Gasteiger partial charge in [0, 0.05) is 18.7 Å². The van der Waals surface area contributed by atoms with E-state index in [1.165, 1.54) is 12.1 Å². The van der Waals surface area contributed by atoms with E-state index in [0.29, 0.717) is 23.9 Å². The Morgan fingerprint density at radius 2 is 2.35 bits per heavy atom. The fourth-order valence-electron chi connectivity index (χ4n) is 1.81. The normalized spacial score (nSPS) is 23.6. The monoisotopic (exact) mass is 256 g/mol. The molecule has 1 aliphatic heterocycles. The Morgan fingerprint density at radius 1 is 1.59 bits per heavy atom. The van der Waals surface area contributed by atoms with E-state index in [1.807, 2.05) is 6.92 Å². The average molecular weight is 257 g/mol. The largest absolute Gasteiger partial charge is 0.379 e. The van der Waals surface area contributed by atoms with Crippen LogP contribution in [0.15, 0.2) is 18.2 Å². The van der Waals surface area contributed by atoms with Crippen LogP contribution >= 0.6 is 11.6 Å². The predicted octanol–water partition coefficient (Wildman–Crippen LogP) is 2.84. The number of nitro groups is 1.